The molecule has 0 aliphatic carbocycles. The molecule has 0 N–H and O–H groups in total. The molecule has 0 bridgehead atoms. The summed E-state index contributed by atoms with van der Waals surface area (Å²) in [5.74, 6) is -0.541. The molecule has 1 heterocycles. The fourth-order valence-corrected chi connectivity index (χ4v) is 2.42. The molecular weight excluding hydrogens is 314 g/mol. The first-order chi connectivity index (χ1) is 11.5. The van der Waals surface area contributed by atoms with Crippen LogP contribution in [0.1, 0.15) is 36.5 Å². The second-order valence-electron chi connectivity index (χ2n) is 5.48. The Morgan fingerprint density at radius 1 is 1.29 bits per heavy atom. The number of rotatable bonds is 7. The van der Waals surface area contributed by atoms with Gasteiger partial charge in [0.2, 0.25) is 0 Å². The van der Waals surface area contributed by atoms with E-state index in [-0.39, 0.29) is 17.4 Å². The number of non-ortho nitro benzene ring substituents is 1. The molecule has 0 unspecified atom stereocenters. The summed E-state index contributed by atoms with van der Waals surface area (Å²) in [4.78, 5) is 22.4. The fraction of sp³-hybridized carbons (Fsp3) is 0.471. The molecule has 0 radical (unpaired) electrons. The SMILES string of the molecule is CCCC[C@H]1O[C@H](OC)C=C[C@H]1OC(=O)c1ccc([N+](=O)[O-])cc1. The lowest BCUT2D eigenvalue weighted by Gasteiger charge is -2.31. The summed E-state index contributed by atoms with van der Waals surface area (Å²) in [6, 6.07) is 5.32. The van der Waals surface area contributed by atoms with Gasteiger partial charge in [0.1, 0.15) is 12.2 Å². The first-order valence-corrected chi connectivity index (χ1v) is 7.87. The number of esters is 1. The average Bonchev–Trinajstić information content (AvgIpc) is 2.60. The van der Waals surface area contributed by atoms with Crippen LogP contribution in [0.15, 0.2) is 36.4 Å². The van der Waals surface area contributed by atoms with Crippen LogP contribution >= 0.6 is 0 Å². The van der Waals surface area contributed by atoms with Crippen LogP contribution in [0.25, 0.3) is 0 Å². The molecule has 3 atom stereocenters. The Labute approximate surface area is 140 Å². The first kappa shape index (κ1) is 18.1. The molecule has 0 spiro atoms. The number of carbonyl (C=O) groups excluding carboxylic acids is 1. The molecule has 1 aromatic rings. The lowest BCUT2D eigenvalue weighted by molar-refractivity contribution is -0.384. The molecule has 7 nitrogen and oxygen atoms in total. The van der Waals surface area contributed by atoms with Crippen LogP contribution in [-0.4, -0.2) is 36.5 Å². The van der Waals surface area contributed by atoms with Crippen molar-refractivity contribution in [2.24, 2.45) is 0 Å². The van der Waals surface area contributed by atoms with Crippen LogP contribution in [0, 0.1) is 10.1 Å². The number of ether oxygens (including phenoxy) is 3. The molecule has 0 saturated carbocycles. The maximum Gasteiger partial charge on any atom is 0.338 e. The minimum absolute atomic E-state index is 0.0730. The van der Waals surface area contributed by atoms with Crippen molar-refractivity contribution in [3.63, 3.8) is 0 Å². The van der Waals surface area contributed by atoms with Crippen molar-refractivity contribution in [2.75, 3.05) is 7.11 Å². The molecule has 2 rings (SSSR count). The molecule has 1 aromatic carbocycles. The molecule has 24 heavy (non-hydrogen) atoms. The zero-order valence-electron chi connectivity index (χ0n) is 13.7. The topological polar surface area (TPSA) is 87.9 Å². The maximum absolute atomic E-state index is 12.3. The van der Waals surface area contributed by atoms with E-state index in [4.69, 9.17) is 14.2 Å². The molecule has 0 saturated heterocycles. The molecule has 7 heteroatoms. The highest BCUT2D eigenvalue weighted by Gasteiger charge is 2.30. The van der Waals surface area contributed by atoms with Crippen molar-refractivity contribution in [2.45, 2.75) is 44.7 Å². The van der Waals surface area contributed by atoms with E-state index in [1.165, 1.54) is 24.3 Å². The third-order valence-corrected chi connectivity index (χ3v) is 3.76. The summed E-state index contributed by atoms with van der Waals surface area (Å²) in [5.41, 5.74) is 0.188. The van der Waals surface area contributed by atoms with Gasteiger partial charge in [-0.05, 0) is 30.7 Å². The van der Waals surface area contributed by atoms with Crippen LogP contribution in [-0.2, 0) is 14.2 Å². The van der Waals surface area contributed by atoms with Crippen LogP contribution in [0.4, 0.5) is 5.69 Å². The number of methoxy groups -OCH3 is 1. The lowest BCUT2D eigenvalue weighted by atomic mass is 10.0. The number of hydrogen-bond donors (Lipinski definition) is 0. The van der Waals surface area contributed by atoms with E-state index in [0.29, 0.717) is 0 Å². The van der Waals surface area contributed by atoms with Gasteiger partial charge in [-0.2, -0.15) is 0 Å². The van der Waals surface area contributed by atoms with Gasteiger partial charge in [-0.1, -0.05) is 19.8 Å². The molecule has 1 aliphatic heterocycles. The van der Waals surface area contributed by atoms with Crippen molar-refractivity contribution in [1.29, 1.82) is 0 Å². The second-order valence-corrected chi connectivity index (χ2v) is 5.48. The van der Waals surface area contributed by atoms with Crippen molar-refractivity contribution in [3.05, 3.63) is 52.1 Å². The number of nitro benzene ring substituents is 1. The Morgan fingerprint density at radius 2 is 2.00 bits per heavy atom. The van der Waals surface area contributed by atoms with E-state index in [2.05, 4.69) is 6.92 Å². The van der Waals surface area contributed by atoms with Crippen molar-refractivity contribution in [3.8, 4) is 0 Å². The number of carbonyl (C=O) groups is 1. The van der Waals surface area contributed by atoms with Crippen LogP contribution in [0.3, 0.4) is 0 Å². The standard InChI is InChI=1S/C17H21NO6/c1-3-4-5-14-15(10-11-16(22-2)23-14)24-17(19)12-6-8-13(9-7-12)18(20)21/h6-11,14-16H,3-5H2,1-2H3/t14-,15-,16+/m1/s1. The van der Waals surface area contributed by atoms with Gasteiger partial charge < -0.3 is 14.2 Å². The quantitative estimate of drug-likeness (QED) is 0.329. The van der Waals surface area contributed by atoms with Gasteiger partial charge in [-0.15, -0.1) is 0 Å². The summed E-state index contributed by atoms with van der Waals surface area (Å²) in [7, 11) is 1.55. The predicted molar refractivity (Wildman–Crippen MR) is 86.6 cm³/mol. The van der Waals surface area contributed by atoms with Gasteiger partial charge in [0.05, 0.1) is 10.5 Å². The van der Waals surface area contributed by atoms with E-state index in [0.717, 1.165) is 19.3 Å². The Morgan fingerprint density at radius 3 is 2.58 bits per heavy atom. The highest BCUT2D eigenvalue weighted by Crippen LogP contribution is 2.22. The van der Waals surface area contributed by atoms with Gasteiger partial charge in [-0.3, -0.25) is 10.1 Å². The molecule has 0 fully saturated rings. The van der Waals surface area contributed by atoms with E-state index in [1.807, 2.05) is 0 Å². The molecule has 0 aromatic heterocycles. The fourth-order valence-electron chi connectivity index (χ4n) is 2.42. The van der Waals surface area contributed by atoms with Gasteiger partial charge in [0, 0.05) is 19.2 Å². The Kier molecular flexibility index (Phi) is 6.45. The summed E-state index contributed by atoms with van der Waals surface area (Å²) in [5, 5.41) is 10.7. The van der Waals surface area contributed by atoms with E-state index >= 15 is 0 Å². The van der Waals surface area contributed by atoms with Gasteiger partial charge in [0.25, 0.3) is 5.69 Å². The Balaban J connectivity index is 2.05. The summed E-state index contributed by atoms with van der Waals surface area (Å²) in [6.07, 6.45) is 4.94. The molecule has 130 valence electrons. The lowest BCUT2D eigenvalue weighted by Crippen LogP contribution is -2.38. The van der Waals surface area contributed by atoms with Crippen molar-refractivity contribution in [1.82, 2.24) is 0 Å². The Bertz CT molecular complexity index is 598. The third-order valence-electron chi connectivity index (χ3n) is 3.76. The normalized spacial score (nSPS) is 23.0. The number of unbranched alkanes of at least 4 members (excludes halogenated alkanes) is 1. The number of nitro groups is 1. The second kappa shape index (κ2) is 8.56. The number of hydrogen-bond acceptors (Lipinski definition) is 6. The highest BCUT2D eigenvalue weighted by atomic mass is 16.7. The zero-order valence-corrected chi connectivity index (χ0v) is 13.7. The molecular formula is C17H21NO6. The predicted octanol–water partition coefficient (Wildman–Crippen LogP) is 3.24. The van der Waals surface area contributed by atoms with Crippen LogP contribution in [0.5, 0.6) is 0 Å². The number of benzene rings is 1. The van der Waals surface area contributed by atoms with Crippen LogP contribution in [0.2, 0.25) is 0 Å². The monoisotopic (exact) mass is 335 g/mol. The van der Waals surface area contributed by atoms with E-state index in [9.17, 15) is 14.9 Å². The third kappa shape index (κ3) is 4.62. The van der Waals surface area contributed by atoms with Gasteiger partial charge in [-0.25, -0.2) is 4.79 Å². The van der Waals surface area contributed by atoms with Crippen molar-refractivity contribution < 1.29 is 23.9 Å². The molecule has 1 aliphatic rings. The number of nitrogens with zero attached hydrogens (tertiary/aromatic N) is 1. The van der Waals surface area contributed by atoms with Gasteiger partial charge >= 0.3 is 5.97 Å². The zero-order chi connectivity index (χ0) is 17.5. The Hall–Kier alpha value is -2.25. The minimum atomic E-state index is -0.541. The minimum Gasteiger partial charge on any atom is -0.452 e. The largest absolute Gasteiger partial charge is 0.452 e. The van der Waals surface area contributed by atoms with Crippen molar-refractivity contribution >= 4 is 11.7 Å². The summed E-state index contributed by atoms with van der Waals surface area (Å²) >= 11 is 0. The maximum atomic E-state index is 12.3. The summed E-state index contributed by atoms with van der Waals surface area (Å²) < 4.78 is 16.4. The summed E-state index contributed by atoms with van der Waals surface area (Å²) in [6.45, 7) is 2.07. The average molecular weight is 335 g/mol. The van der Waals surface area contributed by atoms with Crippen LogP contribution < -0.4 is 0 Å². The highest BCUT2D eigenvalue weighted by molar-refractivity contribution is 5.89. The van der Waals surface area contributed by atoms with E-state index in [1.54, 1.807) is 19.3 Å². The van der Waals surface area contributed by atoms with Gasteiger partial charge in [0.15, 0.2) is 6.29 Å². The smallest absolute Gasteiger partial charge is 0.338 e. The van der Waals surface area contributed by atoms with E-state index < -0.39 is 23.3 Å². The first-order valence-electron chi connectivity index (χ1n) is 7.87. The molecule has 0 amide bonds.